The van der Waals surface area contributed by atoms with Gasteiger partial charge in [-0.25, -0.2) is 5.53 Å². The lowest BCUT2D eigenvalue weighted by molar-refractivity contribution is -0.115. The molecule has 0 saturated heterocycles. The fraction of sp³-hybridized carbons (Fsp3) is 0.167. The van der Waals surface area contributed by atoms with E-state index in [4.69, 9.17) is 11.4 Å². The van der Waals surface area contributed by atoms with E-state index in [1.54, 1.807) is 24.3 Å². The van der Waals surface area contributed by atoms with Gasteiger partial charge in [0.05, 0.1) is 11.9 Å². The van der Waals surface area contributed by atoms with Crippen molar-refractivity contribution in [2.45, 2.75) is 13.1 Å². The molecule has 0 radical (unpaired) electrons. The highest BCUT2D eigenvalue weighted by molar-refractivity contribution is 6.01. The summed E-state index contributed by atoms with van der Waals surface area (Å²) in [6, 6.07) is 6.39. The van der Waals surface area contributed by atoms with Crippen LogP contribution in [0.5, 0.6) is 0 Å². The second kappa shape index (κ2) is 5.90. The summed E-state index contributed by atoms with van der Waals surface area (Å²) in [5.41, 5.74) is 8.58. The molecule has 0 bridgehead atoms. The highest BCUT2D eigenvalue weighted by Crippen LogP contribution is 2.21. The minimum Gasteiger partial charge on any atom is -0.363 e. The standard InChI is InChI=1S/C12H13N7O2/c1-6-15-9(10(16-6)12(21)17-13)7-2-4-8(5-3-7)11(20)18-19-14/h2-6,13,15-16H,1H3,(H2,14,18,20). The molecule has 1 aromatic carbocycles. The van der Waals surface area contributed by atoms with Crippen molar-refractivity contribution in [3.05, 3.63) is 41.1 Å². The van der Waals surface area contributed by atoms with Crippen LogP contribution < -0.4 is 16.5 Å². The minimum atomic E-state index is -0.668. The number of carbonyl (C=O) groups excluding carboxylic acids is 2. The van der Waals surface area contributed by atoms with Gasteiger partial charge < -0.3 is 16.5 Å². The summed E-state index contributed by atoms with van der Waals surface area (Å²) in [7, 11) is 0. The fourth-order valence-corrected chi connectivity index (χ4v) is 1.96. The quantitative estimate of drug-likeness (QED) is 0.371. The molecule has 9 heteroatoms. The summed E-state index contributed by atoms with van der Waals surface area (Å²) in [5, 5.41) is 15.0. The molecule has 21 heavy (non-hydrogen) atoms. The van der Waals surface area contributed by atoms with Gasteiger partial charge in [-0.15, -0.1) is 5.11 Å². The smallest absolute Gasteiger partial charge is 0.313 e. The van der Waals surface area contributed by atoms with E-state index in [1.807, 2.05) is 6.92 Å². The molecular weight excluding hydrogens is 274 g/mol. The lowest BCUT2D eigenvalue weighted by Gasteiger charge is -2.07. The number of nitrogens with one attached hydrogen (secondary N) is 3. The van der Waals surface area contributed by atoms with Gasteiger partial charge in [0, 0.05) is 11.1 Å². The molecule has 9 nitrogen and oxygen atoms in total. The van der Waals surface area contributed by atoms with Crippen LogP contribution in [0.4, 0.5) is 0 Å². The van der Waals surface area contributed by atoms with Gasteiger partial charge in [0.15, 0.2) is 0 Å². The van der Waals surface area contributed by atoms with Gasteiger partial charge in [-0.1, -0.05) is 22.5 Å². The first-order valence-electron chi connectivity index (χ1n) is 6.01. The number of hydrogen-bond acceptors (Lipinski definition) is 6. The Labute approximate surface area is 119 Å². The zero-order valence-electron chi connectivity index (χ0n) is 11.1. The first kappa shape index (κ1) is 14.3. The summed E-state index contributed by atoms with van der Waals surface area (Å²) in [5.74, 6) is 3.60. The second-order valence-electron chi connectivity index (χ2n) is 4.28. The number of hydrogen-bond donors (Lipinski definition) is 4. The molecule has 0 aliphatic carbocycles. The number of amides is 2. The van der Waals surface area contributed by atoms with Gasteiger partial charge in [0.2, 0.25) is 0 Å². The van der Waals surface area contributed by atoms with Gasteiger partial charge in [-0.3, -0.25) is 9.59 Å². The number of carbonyl (C=O) groups is 2. The van der Waals surface area contributed by atoms with Crippen molar-refractivity contribution in [1.29, 1.82) is 5.53 Å². The van der Waals surface area contributed by atoms with Crippen LogP contribution in [0, 0.1) is 5.53 Å². The van der Waals surface area contributed by atoms with Crippen molar-refractivity contribution in [2.24, 2.45) is 21.3 Å². The van der Waals surface area contributed by atoms with Crippen LogP contribution in [-0.2, 0) is 4.79 Å². The lowest BCUT2D eigenvalue weighted by Crippen LogP contribution is -2.30. The van der Waals surface area contributed by atoms with Crippen LogP contribution in [0.25, 0.3) is 5.70 Å². The maximum absolute atomic E-state index is 11.6. The van der Waals surface area contributed by atoms with E-state index in [0.717, 1.165) is 0 Å². The average molecular weight is 287 g/mol. The van der Waals surface area contributed by atoms with Crippen LogP contribution in [0.1, 0.15) is 22.8 Å². The molecule has 2 amide bonds. The summed E-state index contributed by atoms with van der Waals surface area (Å²) in [6.45, 7) is 1.82. The van der Waals surface area contributed by atoms with E-state index in [1.165, 1.54) is 0 Å². The monoisotopic (exact) mass is 287 g/mol. The van der Waals surface area contributed by atoms with E-state index in [0.29, 0.717) is 16.8 Å². The Morgan fingerprint density at radius 3 is 2.43 bits per heavy atom. The molecule has 1 heterocycles. The third kappa shape index (κ3) is 2.91. The molecule has 1 aromatic rings. The molecule has 1 aliphatic heterocycles. The van der Waals surface area contributed by atoms with Crippen LogP contribution in [-0.4, -0.2) is 18.0 Å². The molecular formula is C12H13N7O2. The fourth-order valence-electron chi connectivity index (χ4n) is 1.96. The molecule has 108 valence electrons. The van der Waals surface area contributed by atoms with Gasteiger partial charge in [-0.05, 0) is 19.1 Å². The molecule has 2 rings (SSSR count). The Hall–Kier alpha value is -3.10. The maximum atomic E-state index is 11.6. The van der Waals surface area contributed by atoms with Crippen LogP contribution in [0.2, 0.25) is 0 Å². The molecule has 1 unspecified atom stereocenters. The number of benzene rings is 1. The second-order valence-corrected chi connectivity index (χ2v) is 4.28. The summed E-state index contributed by atoms with van der Waals surface area (Å²) >= 11 is 0. The Morgan fingerprint density at radius 2 is 1.86 bits per heavy atom. The van der Waals surface area contributed by atoms with Crippen molar-refractivity contribution in [2.75, 3.05) is 0 Å². The van der Waals surface area contributed by atoms with Crippen LogP contribution in [0.15, 0.2) is 45.4 Å². The third-order valence-corrected chi connectivity index (χ3v) is 2.86. The van der Waals surface area contributed by atoms with Crippen LogP contribution >= 0.6 is 0 Å². The van der Waals surface area contributed by atoms with Gasteiger partial charge in [0.1, 0.15) is 5.70 Å². The first-order chi connectivity index (χ1) is 10.1. The van der Waals surface area contributed by atoms with Crippen molar-refractivity contribution < 1.29 is 9.59 Å². The minimum absolute atomic E-state index is 0.159. The predicted molar refractivity (Wildman–Crippen MR) is 72.6 cm³/mol. The van der Waals surface area contributed by atoms with E-state index in [2.05, 4.69) is 26.1 Å². The highest BCUT2D eigenvalue weighted by atomic mass is 16.2. The Balaban J connectivity index is 2.35. The molecule has 5 N–H and O–H groups in total. The Morgan fingerprint density at radius 1 is 1.19 bits per heavy atom. The van der Waals surface area contributed by atoms with Gasteiger partial charge in [-0.2, -0.15) is 0 Å². The lowest BCUT2D eigenvalue weighted by atomic mass is 10.1. The van der Waals surface area contributed by atoms with Crippen molar-refractivity contribution in [1.82, 2.24) is 10.6 Å². The van der Waals surface area contributed by atoms with Crippen molar-refractivity contribution in [3.63, 3.8) is 0 Å². The predicted octanol–water partition coefficient (Wildman–Crippen LogP) is 0.918. The zero-order valence-corrected chi connectivity index (χ0v) is 11.1. The van der Waals surface area contributed by atoms with Crippen molar-refractivity contribution in [3.8, 4) is 0 Å². The summed E-state index contributed by atoms with van der Waals surface area (Å²) in [6.07, 6.45) is -0.159. The number of rotatable bonds is 3. The van der Waals surface area contributed by atoms with Gasteiger partial charge >= 0.3 is 5.91 Å². The topological polar surface area (TPSA) is 145 Å². The molecule has 0 spiro atoms. The molecule has 1 atom stereocenters. The van der Waals surface area contributed by atoms with E-state index < -0.39 is 11.8 Å². The third-order valence-electron chi connectivity index (χ3n) is 2.86. The zero-order chi connectivity index (χ0) is 15.4. The van der Waals surface area contributed by atoms with Crippen LogP contribution in [0.3, 0.4) is 0 Å². The maximum Gasteiger partial charge on any atom is 0.313 e. The molecule has 1 aliphatic rings. The first-order valence-corrected chi connectivity index (χ1v) is 6.01. The van der Waals surface area contributed by atoms with E-state index >= 15 is 0 Å². The summed E-state index contributed by atoms with van der Waals surface area (Å²) in [4.78, 5) is 23.1. The highest BCUT2D eigenvalue weighted by Gasteiger charge is 2.25. The number of nitrogens with two attached hydrogens (primary N) is 1. The normalized spacial score (nSPS) is 17.5. The molecule has 0 fully saturated rings. The molecule has 0 saturated carbocycles. The molecule has 0 aromatic heterocycles. The largest absolute Gasteiger partial charge is 0.363 e. The van der Waals surface area contributed by atoms with E-state index in [-0.39, 0.29) is 11.9 Å². The number of nitrogens with zero attached hydrogens (tertiary/aromatic N) is 3. The van der Waals surface area contributed by atoms with E-state index in [9.17, 15) is 9.59 Å². The Kier molecular flexibility index (Phi) is 4.02. The van der Waals surface area contributed by atoms with Gasteiger partial charge in [0.25, 0.3) is 5.91 Å². The SMILES string of the molecule is CC1NC(C(=O)N=N)=C(c2ccc(C(=O)N=NN)cc2)N1. The Bertz CT molecular complexity index is 648. The average Bonchev–Trinajstić information content (AvgIpc) is 2.89. The van der Waals surface area contributed by atoms with Crippen molar-refractivity contribution >= 4 is 17.5 Å². The summed E-state index contributed by atoms with van der Waals surface area (Å²) < 4.78 is 0.